The van der Waals surface area contributed by atoms with Crippen LogP contribution in [0, 0.1) is 0 Å². The van der Waals surface area contributed by atoms with Crippen molar-refractivity contribution in [3.8, 4) is 5.75 Å². The number of nitrogens with zero attached hydrogens (tertiary/aromatic N) is 2. The smallest absolute Gasteiger partial charge is 0.335 e. The van der Waals surface area contributed by atoms with Crippen LogP contribution in [0.25, 0.3) is 0 Å². The maximum absolute atomic E-state index is 12.3. The standard InChI is InChI=1S/C12H11N3O5S/c1-20-9-7-8(12(16)17)4-5-10(9)21(18,19)15-11-3-2-6-13-14-11/h2-7H,1H3,(H,14,15)(H,16,17). The molecule has 2 rings (SSSR count). The Hall–Kier alpha value is -2.68. The minimum Gasteiger partial charge on any atom is -0.495 e. The highest BCUT2D eigenvalue weighted by Crippen LogP contribution is 2.26. The lowest BCUT2D eigenvalue weighted by molar-refractivity contribution is 0.0696. The number of nitrogens with one attached hydrogen (secondary N) is 1. The van der Waals surface area contributed by atoms with Gasteiger partial charge in [-0.3, -0.25) is 4.72 Å². The molecule has 0 aliphatic rings. The Labute approximate surface area is 120 Å². The monoisotopic (exact) mass is 309 g/mol. The first kappa shape index (κ1) is 14.7. The number of benzene rings is 1. The van der Waals surface area contributed by atoms with Gasteiger partial charge in [0.15, 0.2) is 5.82 Å². The average molecular weight is 309 g/mol. The van der Waals surface area contributed by atoms with Gasteiger partial charge in [0.25, 0.3) is 10.0 Å². The Bertz CT molecular complexity index is 762. The highest BCUT2D eigenvalue weighted by molar-refractivity contribution is 7.92. The highest BCUT2D eigenvalue weighted by Gasteiger charge is 2.21. The molecule has 9 heteroatoms. The summed E-state index contributed by atoms with van der Waals surface area (Å²) in [6.45, 7) is 0. The molecule has 0 aliphatic carbocycles. The molecular weight excluding hydrogens is 298 g/mol. The van der Waals surface area contributed by atoms with Crippen molar-refractivity contribution in [2.24, 2.45) is 0 Å². The van der Waals surface area contributed by atoms with E-state index in [1.807, 2.05) is 0 Å². The van der Waals surface area contributed by atoms with E-state index in [1.54, 1.807) is 0 Å². The number of carboxylic acid groups (broad SMARTS) is 1. The van der Waals surface area contributed by atoms with Gasteiger partial charge in [-0.1, -0.05) is 0 Å². The molecule has 2 aromatic rings. The molecule has 0 aliphatic heterocycles. The van der Waals surface area contributed by atoms with Crippen LogP contribution in [0.4, 0.5) is 5.82 Å². The lowest BCUT2D eigenvalue weighted by atomic mass is 10.2. The van der Waals surface area contributed by atoms with E-state index in [4.69, 9.17) is 9.84 Å². The van der Waals surface area contributed by atoms with E-state index in [2.05, 4.69) is 14.9 Å². The molecule has 0 saturated heterocycles. The molecule has 0 fully saturated rings. The summed E-state index contributed by atoms with van der Waals surface area (Å²) in [5, 5.41) is 16.1. The zero-order valence-electron chi connectivity index (χ0n) is 10.8. The number of rotatable bonds is 5. The quantitative estimate of drug-likeness (QED) is 0.845. The van der Waals surface area contributed by atoms with E-state index in [0.29, 0.717) is 0 Å². The number of anilines is 1. The zero-order chi connectivity index (χ0) is 15.5. The molecule has 0 spiro atoms. The Morgan fingerprint density at radius 3 is 2.67 bits per heavy atom. The first-order valence-corrected chi connectivity index (χ1v) is 7.14. The number of methoxy groups -OCH3 is 1. The van der Waals surface area contributed by atoms with Crippen molar-refractivity contribution in [2.75, 3.05) is 11.8 Å². The Balaban J connectivity index is 2.42. The molecule has 21 heavy (non-hydrogen) atoms. The molecule has 2 N–H and O–H groups in total. The van der Waals surface area contributed by atoms with Crippen LogP contribution in [0.5, 0.6) is 5.75 Å². The zero-order valence-corrected chi connectivity index (χ0v) is 11.7. The maximum atomic E-state index is 12.3. The number of sulfonamides is 1. The van der Waals surface area contributed by atoms with E-state index in [9.17, 15) is 13.2 Å². The lowest BCUT2D eigenvalue weighted by Crippen LogP contribution is -2.15. The van der Waals surface area contributed by atoms with Crippen molar-refractivity contribution < 1.29 is 23.1 Å². The number of aromatic carboxylic acids is 1. The fourth-order valence-electron chi connectivity index (χ4n) is 1.57. The highest BCUT2D eigenvalue weighted by atomic mass is 32.2. The maximum Gasteiger partial charge on any atom is 0.335 e. The second-order valence-electron chi connectivity index (χ2n) is 3.89. The average Bonchev–Trinajstić information content (AvgIpc) is 2.47. The van der Waals surface area contributed by atoms with E-state index in [1.165, 1.54) is 31.5 Å². The second kappa shape index (κ2) is 5.75. The van der Waals surface area contributed by atoms with Crippen LogP contribution in [0.3, 0.4) is 0 Å². The van der Waals surface area contributed by atoms with Crippen molar-refractivity contribution in [1.82, 2.24) is 10.2 Å². The van der Waals surface area contributed by atoms with Gasteiger partial charge in [0.1, 0.15) is 10.6 Å². The SMILES string of the molecule is COc1cc(C(=O)O)ccc1S(=O)(=O)Nc1cccnn1. The van der Waals surface area contributed by atoms with Gasteiger partial charge in [0.2, 0.25) is 0 Å². The summed E-state index contributed by atoms with van der Waals surface area (Å²) in [5.41, 5.74) is -0.0784. The predicted octanol–water partition coefficient (Wildman–Crippen LogP) is 0.984. The van der Waals surface area contributed by atoms with Crippen molar-refractivity contribution >= 4 is 21.8 Å². The first-order chi connectivity index (χ1) is 9.94. The van der Waals surface area contributed by atoms with Gasteiger partial charge in [-0.25, -0.2) is 13.2 Å². The van der Waals surface area contributed by atoms with Gasteiger partial charge in [-0.05, 0) is 30.3 Å². The summed E-state index contributed by atoms with van der Waals surface area (Å²) < 4.78 is 31.7. The summed E-state index contributed by atoms with van der Waals surface area (Å²) in [7, 11) is -2.72. The lowest BCUT2D eigenvalue weighted by Gasteiger charge is -2.11. The molecule has 0 unspecified atom stereocenters. The fourth-order valence-corrected chi connectivity index (χ4v) is 2.72. The van der Waals surface area contributed by atoms with E-state index in [0.717, 1.165) is 12.1 Å². The molecule has 1 heterocycles. The largest absolute Gasteiger partial charge is 0.495 e. The third-order valence-corrected chi connectivity index (χ3v) is 3.91. The number of carbonyl (C=O) groups is 1. The van der Waals surface area contributed by atoms with Crippen LogP contribution in [-0.4, -0.2) is 36.8 Å². The summed E-state index contributed by atoms with van der Waals surface area (Å²) in [4.78, 5) is 10.7. The van der Waals surface area contributed by atoms with Gasteiger partial charge < -0.3 is 9.84 Å². The summed E-state index contributed by atoms with van der Waals surface area (Å²) in [5.74, 6) is -1.22. The number of hydrogen-bond acceptors (Lipinski definition) is 6. The molecule has 0 radical (unpaired) electrons. The van der Waals surface area contributed by atoms with Crippen LogP contribution < -0.4 is 9.46 Å². The van der Waals surface area contributed by atoms with E-state index in [-0.39, 0.29) is 22.0 Å². The molecular formula is C12H11N3O5S. The number of aromatic nitrogens is 2. The topological polar surface area (TPSA) is 118 Å². The minimum absolute atomic E-state index is 0.0434. The number of carboxylic acids is 1. The molecule has 1 aromatic heterocycles. The summed E-state index contributed by atoms with van der Waals surface area (Å²) in [6.07, 6.45) is 1.40. The van der Waals surface area contributed by atoms with Gasteiger partial charge in [-0.2, -0.15) is 5.10 Å². The van der Waals surface area contributed by atoms with Gasteiger partial charge in [0, 0.05) is 6.20 Å². The van der Waals surface area contributed by atoms with Crippen LogP contribution in [0.15, 0.2) is 41.4 Å². The molecule has 0 atom stereocenters. The van der Waals surface area contributed by atoms with Gasteiger partial charge >= 0.3 is 5.97 Å². The van der Waals surface area contributed by atoms with Crippen molar-refractivity contribution in [2.45, 2.75) is 4.90 Å². The Morgan fingerprint density at radius 2 is 2.10 bits per heavy atom. The van der Waals surface area contributed by atoms with Crippen molar-refractivity contribution in [1.29, 1.82) is 0 Å². The van der Waals surface area contributed by atoms with E-state index >= 15 is 0 Å². The van der Waals surface area contributed by atoms with E-state index < -0.39 is 16.0 Å². The third kappa shape index (κ3) is 3.26. The molecule has 8 nitrogen and oxygen atoms in total. The first-order valence-electron chi connectivity index (χ1n) is 5.66. The van der Waals surface area contributed by atoms with Gasteiger partial charge in [-0.15, -0.1) is 5.10 Å². The molecule has 0 bridgehead atoms. The minimum atomic E-state index is -3.97. The Kier molecular flexibility index (Phi) is 4.03. The summed E-state index contributed by atoms with van der Waals surface area (Å²) in [6, 6.07) is 6.42. The second-order valence-corrected chi connectivity index (χ2v) is 5.54. The molecule has 0 amide bonds. The van der Waals surface area contributed by atoms with Gasteiger partial charge in [0.05, 0.1) is 12.7 Å². The molecule has 1 aromatic carbocycles. The summed E-state index contributed by atoms with van der Waals surface area (Å²) >= 11 is 0. The van der Waals surface area contributed by atoms with Crippen LogP contribution in [-0.2, 0) is 10.0 Å². The molecule has 110 valence electrons. The Morgan fingerprint density at radius 1 is 1.33 bits per heavy atom. The van der Waals surface area contributed by atoms with Crippen LogP contribution in [0.2, 0.25) is 0 Å². The third-order valence-electron chi connectivity index (χ3n) is 2.51. The normalized spacial score (nSPS) is 10.9. The number of ether oxygens (including phenoxy) is 1. The fraction of sp³-hybridized carbons (Fsp3) is 0.0833. The predicted molar refractivity (Wildman–Crippen MR) is 72.8 cm³/mol. The van der Waals surface area contributed by atoms with Crippen LogP contribution in [0.1, 0.15) is 10.4 Å². The molecule has 0 saturated carbocycles. The number of hydrogen-bond donors (Lipinski definition) is 2. The van der Waals surface area contributed by atoms with Crippen LogP contribution >= 0.6 is 0 Å². The van der Waals surface area contributed by atoms with Crippen molar-refractivity contribution in [3.05, 3.63) is 42.1 Å². The van der Waals surface area contributed by atoms with Crippen molar-refractivity contribution in [3.63, 3.8) is 0 Å².